The van der Waals surface area contributed by atoms with Crippen LogP contribution in [0.5, 0.6) is 0 Å². The van der Waals surface area contributed by atoms with E-state index in [0.29, 0.717) is 33.5 Å². The molecule has 3 aromatic rings. The molecule has 0 radical (unpaired) electrons. The molecule has 0 heterocycles. The third kappa shape index (κ3) is 8.38. The summed E-state index contributed by atoms with van der Waals surface area (Å²) in [6.07, 6.45) is 1.01. The number of rotatable bonds is 12. The molecule has 220 valence electrons. The van der Waals surface area contributed by atoms with Crippen LogP contribution < -0.4 is 9.62 Å². The zero-order valence-electron chi connectivity index (χ0n) is 23.4. The third-order valence-corrected chi connectivity index (χ3v) is 9.47. The standard InChI is InChI=1S/C30H34Cl3N3O4S/c1-5-21(4)34-30(38)28(6-2)35(18-22-12-15-26(32)27(33)16-22)29(37)19-36(24-9-7-8-23(31)17-24)41(39,40)25-13-10-20(3)11-14-25/h7-17,21,28H,5-6,18-19H2,1-4H3,(H,34,38)/t21-,28+/m0/s1. The van der Waals surface area contributed by atoms with Gasteiger partial charge in [-0.2, -0.15) is 0 Å². The maximum Gasteiger partial charge on any atom is 0.264 e. The highest BCUT2D eigenvalue weighted by atomic mass is 35.5. The van der Waals surface area contributed by atoms with E-state index in [-0.39, 0.29) is 29.1 Å². The molecule has 0 aliphatic rings. The highest BCUT2D eigenvalue weighted by Crippen LogP contribution is 2.28. The van der Waals surface area contributed by atoms with Crippen LogP contribution in [0.3, 0.4) is 0 Å². The van der Waals surface area contributed by atoms with Crippen LogP contribution in [0.1, 0.15) is 44.7 Å². The Morgan fingerprint density at radius 1 is 0.902 bits per heavy atom. The second kappa shape index (κ2) is 14.4. The van der Waals surface area contributed by atoms with Gasteiger partial charge >= 0.3 is 0 Å². The van der Waals surface area contributed by atoms with Crippen molar-refractivity contribution in [3.8, 4) is 0 Å². The van der Waals surface area contributed by atoms with Crippen molar-refractivity contribution >= 4 is 62.3 Å². The number of hydrogen-bond acceptors (Lipinski definition) is 4. The number of amides is 2. The van der Waals surface area contributed by atoms with Crippen LogP contribution in [0.15, 0.2) is 71.6 Å². The molecule has 0 aliphatic carbocycles. The van der Waals surface area contributed by atoms with E-state index < -0.39 is 28.5 Å². The van der Waals surface area contributed by atoms with E-state index in [1.54, 1.807) is 55.5 Å². The number of nitrogens with zero attached hydrogens (tertiary/aromatic N) is 2. The van der Waals surface area contributed by atoms with Gasteiger partial charge in [-0.15, -0.1) is 0 Å². The van der Waals surface area contributed by atoms with E-state index in [0.717, 1.165) is 9.87 Å². The molecular weight excluding hydrogens is 605 g/mol. The molecule has 7 nitrogen and oxygen atoms in total. The number of carbonyl (C=O) groups is 2. The lowest BCUT2D eigenvalue weighted by Gasteiger charge is -2.33. The van der Waals surface area contributed by atoms with Gasteiger partial charge in [0.25, 0.3) is 10.0 Å². The SMILES string of the molecule is CC[C@H](C(=O)N[C@@H](C)CC)N(Cc1ccc(Cl)c(Cl)c1)C(=O)CN(c1cccc(Cl)c1)S(=O)(=O)c1ccc(C)cc1. The summed E-state index contributed by atoms with van der Waals surface area (Å²) in [5.74, 6) is -0.899. The van der Waals surface area contributed by atoms with Gasteiger partial charge in [-0.1, -0.05) is 78.5 Å². The van der Waals surface area contributed by atoms with Gasteiger partial charge in [-0.05, 0) is 74.7 Å². The molecule has 0 saturated carbocycles. The third-order valence-electron chi connectivity index (χ3n) is 6.71. The number of hydrogen-bond donors (Lipinski definition) is 1. The Labute approximate surface area is 257 Å². The summed E-state index contributed by atoms with van der Waals surface area (Å²) in [6, 6.07) is 16.6. The van der Waals surface area contributed by atoms with Crippen LogP contribution in [0.4, 0.5) is 5.69 Å². The maximum atomic E-state index is 14.1. The van der Waals surface area contributed by atoms with Gasteiger partial charge in [-0.25, -0.2) is 8.42 Å². The minimum Gasteiger partial charge on any atom is -0.352 e. The Bertz CT molecular complexity index is 1480. The van der Waals surface area contributed by atoms with Crippen molar-refractivity contribution in [2.45, 2.75) is 64.1 Å². The summed E-state index contributed by atoms with van der Waals surface area (Å²) in [5.41, 5.74) is 1.75. The lowest BCUT2D eigenvalue weighted by atomic mass is 10.1. The van der Waals surface area contributed by atoms with Gasteiger partial charge in [-0.3, -0.25) is 13.9 Å². The Balaban J connectivity index is 2.08. The Morgan fingerprint density at radius 2 is 1.59 bits per heavy atom. The van der Waals surface area contributed by atoms with Crippen LogP contribution in [0, 0.1) is 6.92 Å². The lowest BCUT2D eigenvalue weighted by Crippen LogP contribution is -2.53. The zero-order valence-corrected chi connectivity index (χ0v) is 26.5. The van der Waals surface area contributed by atoms with Gasteiger partial charge in [0.15, 0.2) is 0 Å². The minimum absolute atomic E-state index is 0.0100. The van der Waals surface area contributed by atoms with Gasteiger partial charge in [0.05, 0.1) is 20.6 Å². The number of nitrogens with one attached hydrogen (secondary N) is 1. The summed E-state index contributed by atoms with van der Waals surface area (Å²) >= 11 is 18.6. The predicted molar refractivity (Wildman–Crippen MR) is 166 cm³/mol. The van der Waals surface area contributed by atoms with Crippen LogP contribution in [0.2, 0.25) is 15.1 Å². The highest BCUT2D eigenvalue weighted by molar-refractivity contribution is 7.92. The summed E-state index contributed by atoms with van der Waals surface area (Å²) < 4.78 is 28.8. The van der Waals surface area contributed by atoms with Crippen molar-refractivity contribution in [3.63, 3.8) is 0 Å². The fourth-order valence-corrected chi connectivity index (χ4v) is 6.10. The highest BCUT2D eigenvalue weighted by Gasteiger charge is 2.34. The molecule has 0 spiro atoms. The molecule has 0 aromatic heterocycles. The molecule has 0 saturated heterocycles. The molecule has 41 heavy (non-hydrogen) atoms. The average molecular weight is 639 g/mol. The van der Waals surface area contributed by atoms with Crippen molar-refractivity contribution in [2.24, 2.45) is 0 Å². The molecule has 0 fully saturated rings. The van der Waals surface area contributed by atoms with E-state index in [2.05, 4.69) is 5.32 Å². The number of aryl methyl sites for hydroxylation is 1. The second-order valence-electron chi connectivity index (χ2n) is 9.82. The van der Waals surface area contributed by atoms with E-state index >= 15 is 0 Å². The predicted octanol–water partition coefficient (Wildman–Crippen LogP) is 6.87. The van der Waals surface area contributed by atoms with Gasteiger partial charge in [0, 0.05) is 17.6 Å². The number of carbonyl (C=O) groups excluding carboxylic acids is 2. The first-order valence-electron chi connectivity index (χ1n) is 13.3. The Morgan fingerprint density at radius 3 is 2.17 bits per heavy atom. The molecule has 3 aromatic carbocycles. The Hall–Kier alpha value is -2.78. The van der Waals surface area contributed by atoms with Crippen LogP contribution in [0.25, 0.3) is 0 Å². The molecule has 0 bridgehead atoms. The van der Waals surface area contributed by atoms with Crippen LogP contribution >= 0.6 is 34.8 Å². The number of anilines is 1. The van der Waals surface area contributed by atoms with Gasteiger partial charge < -0.3 is 10.2 Å². The fraction of sp³-hybridized carbons (Fsp3) is 0.333. The van der Waals surface area contributed by atoms with E-state index in [1.807, 2.05) is 20.8 Å². The lowest BCUT2D eigenvalue weighted by molar-refractivity contribution is -0.140. The molecule has 1 N–H and O–H groups in total. The smallest absolute Gasteiger partial charge is 0.264 e. The van der Waals surface area contributed by atoms with E-state index in [9.17, 15) is 18.0 Å². The largest absolute Gasteiger partial charge is 0.352 e. The van der Waals surface area contributed by atoms with Crippen molar-refractivity contribution in [1.29, 1.82) is 0 Å². The summed E-state index contributed by atoms with van der Waals surface area (Å²) in [6.45, 7) is 6.92. The molecule has 0 aliphatic heterocycles. The topological polar surface area (TPSA) is 86.8 Å². The molecule has 0 unspecified atom stereocenters. The first-order chi connectivity index (χ1) is 19.4. The second-order valence-corrected chi connectivity index (χ2v) is 12.9. The van der Waals surface area contributed by atoms with Gasteiger partial charge in [0.2, 0.25) is 11.8 Å². The maximum absolute atomic E-state index is 14.1. The number of sulfonamides is 1. The average Bonchev–Trinajstić information content (AvgIpc) is 2.93. The van der Waals surface area contributed by atoms with Crippen molar-refractivity contribution in [1.82, 2.24) is 10.2 Å². The molecule has 2 amide bonds. The quantitative estimate of drug-likeness (QED) is 0.235. The van der Waals surface area contributed by atoms with Crippen LogP contribution in [-0.2, 0) is 26.2 Å². The first kappa shape index (κ1) is 32.7. The summed E-state index contributed by atoms with van der Waals surface area (Å²) in [5, 5.41) is 3.91. The van der Waals surface area contributed by atoms with Crippen molar-refractivity contribution < 1.29 is 18.0 Å². The molecule has 11 heteroatoms. The first-order valence-corrected chi connectivity index (χ1v) is 15.8. The number of halogens is 3. The van der Waals surface area contributed by atoms with Crippen LogP contribution in [-0.4, -0.2) is 43.8 Å². The van der Waals surface area contributed by atoms with Crippen molar-refractivity contribution in [3.05, 3.63) is 92.9 Å². The zero-order chi connectivity index (χ0) is 30.3. The van der Waals surface area contributed by atoms with Gasteiger partial charge in [0.1, 0.15) is 12.6 Å². The summed E-state index contributed by atoms with van der Waals surface area (Å²) in [4.78, 5) is 28.9. The Kier molecular flexibility index (Phi) is 11.5. The fourth-order valence-electron chi connectivity index (χ4n) is 4.19. The molecule has 2 atom stereocenters. The summed E-state index contributed by atoms with van der Waals surface area (Å²) in [7, 11) is -4.19. The molecule has 3 rings (SSSR count). The van der Waals surface area contributed by atoms with Crippen molar-refractivity contribution in [2.75, 3.05) is 10.8 Å². The number of benzene rings is 3. The monoisotopic (exact) mass is 637 g/mol. The van der Waals surface area contributed by atoms with E-state index in [4.69, 9.17) is 34.8 Å². The minimum atomic E-state index is -4.19. The van der Waals surface area contributed by atoms with E-state index in [1.165, 1.54) is 23.1 Å². The normalized spacial score (nSPS) is 12.9. The molecular formula is C30H34Cl3N3O4S.